The van der Waals surface area contributed by atoms with Gasteiger partial charge in [0.2, 0.25) is 0 Å². The molecule has 3 N–H and O–H groups in total. The Bertz CT molecular complexity index is 605. The quantitative estimate of drug-likeness (QED) is 0.682. The van der Waals surface area contributed by atoms with Crippen LogP contribution >= 0.6 is 0 Å². The molecule has 0 aromatic carbocycles. The maximum atomic E-state index is 11.5. The summed E-state index contributed by atoms with van der Waals surface area (Å²) in [6.07, 6.45) is 2.71. The van der Waals surface area contributed by atoms with Gasteiger partial charge in [0.1, 0.15) is 6.26 Å². The molecule has 2 heterocycles. The van der Waals surface area contributed by atoms with E-state index in [-0.39, 0.29) is 12.4 Å². The molecule has 2 amide bonds. The summed E-state index contributed by atoms with van der Waals surface area (Å²) >= 11 is 0. The largest absolute Gasteiger partial charge is 0.387 e. The minimum atomic E-state index is -0.836. The molecule has 0 radical (unpaired) electrons. The number of nitrogens with zero attached hydrogens (tertiary/aromatic N) is 2. The van der Waals surface area contributed by atoms with E-state index in [0.29, 0.717) is 6.42 Å². The number of hydrogen-bond donors (Lipinski definition) is 3. The predicted octanol–water partition coefficient (Wildman–Crippen LogP) is 0.191. The second-order valence-electron chi connectivity index (χ2n) is 4.44. The molecule has 0 saturated carbocycles. The van der Waals surface area contributed by atoms with Crippen molar-refractivity contribution in [1.82, 2.24) is 15.0 Å². The number of aromatic nitrogens is 2. The van der Waals surface area contributed by atoms with Crippen LogP contribution in [0.25, 0.3) is 0 Å². The van der Waals surface area contributed by atoms with Gasteiger partial charge in [0.25, 0.3) is 0 Å². The number of nitrogens with one attached hydrogen (secondary N) is 2. The van der Waals surface area contributed by atoms with Gasteiger partial charge in [-0.05, 0) is 18.6 Å². The molecule has 2 aromatic heterocycles. The van der Waals surface area contributed by atoms with Gasteiger partial charge in [-0.2, -0.15) is 0 Å². The van der Waals surface area contributed by atoms with Gasteiger partial charge in [0, 0.05) is 31.5 Å². The lowest BCUT2D eigenvalue weighted by Gasteiger charge is -2.12. The summed E-state index contributed by atoms with van der Waals surface area (Å²) in [6, 6.07) is 5.04. The Balaban J connectivity index is 1.74. The van der Waals surface area contributed by atoms with E-state index in [9.17, 15) is 14.7 Å². The molecule has 112 valence electrons. The van der Waals surface area contributed by atoms with E-state index < -0.39 is 17.9 Å². The number of anilines is 1. The van der Waals surface area contributed by atoms with E-state index in [0.717, 1.165) is 5.69 Å². The van der Waals surface area contributed by atoms with E-state index in [2.05, 4.69) is 20.3 Å². The number of aliphatic hydroxyl groups excluding tert-OH is 1. The van der Waals surface area contributed by atoms with Crippen LogP contribution in [-0.4, -0.2) is 33.2 Å². The molecule has 0 unspecified atom stereocenters. The molecule has 0 spiro atoms. The Labute approximate surface area is 120 Å². The lowest BCUT2D eigenvalue weighted by Crippen LogP contribution is -2.36. The molecular formula is C13H16N4O4. The Morgan fingerprint density at radius 1 is 1.43 bits per heavy atom. The van der Waals surface area contributed by atoms with Gasteiger partial charge in [-0.15, -0.1) is 0 Å². The van der Waals surface area contributed by atoms with Crippen molar-refractivity contribution in [2.75, 3.05) is 11.9 Å². The highest BCUT2D eigenvalue weighted by Crippen LogP contribution is 2.15. The van der Waals surface area contributed by atoms with Gasteiger partial charge in [0.05, 0.1) is 6.10 Å². The summed E-state index contributed by atoms with van der Waals surface area (Å²) in [4.78, 5) is 23.0. The number of carbonyl (C=O) groups excluding carboxylic acids is 2. The highest BCUT2D eigenvalue weighted by molar-refractivity contribution is 6.39. The van der Waals surface area contributed by atoms with Gasteiger partial charge in [-0.25, -0.2) is 0 Å². The summed E-state index contributed by atoms with van der Waals surface area (Å²) in [5, 5.41) is 18.1. The summed E-state index contributed by atoms with van der Waals surface area (Å²) in [7, 11) is 1.82. The smallest absolute Gasteiger partial charge is 0.314 e. The van der Waals surface area contributed by atoms with Gasteiger partial charge in [0.15, 0.2) is 5.82 Å². The molecule has 8 nitrogen and oxygen atoms in total. The monoisotopic (exact) mass is 292 g/mol. The summed E-state index contributed by atoms with van der Waals surface area (Å²) in [6.45, 7) is 0.178. The molecule has 0 fully saturated rings. The number of aryl methyl sites for hydroxylation is 1. The molecule has 0 aliphatic heterocycles. The molecular weight excluding hydrogens is 276 g/mol. The molecule has 1 atom stereocenters. The molecule has 2 rings (SSSR count). The first-order valence-electron chi connectivity index (χ1n) is 6.37. The second-order valence-corrected chi connectivity index (χ2v) is 4.44. The van der Waals surface area contributed by atoms with Crippen molar-refractivity contribution in [3.8, 4) is 0 Å². The van der Waals surface area contributed by atoms with E-state index >= 15 is 0 Å². The van der Waals surface area contributed by atoms with Crippen LogP contribution in [-0.2, 0) is 16.6 Å². The van der Waals surface area contributed by atoms with Gasteiger partial charge >= 0.3 is 11.8 Å². The molecule has 2 aromatic rings. The number of amides is 2. The topological polar surface area (TPSA) is 109 Å². The third-order valence-corrected chi connectivity index (χ3v) is 2.91. The molecule has 8 heteroatoms. The van der Waals surface area contributed by atoms with Crippen LogP contribution in [0.2, 0.25) is 0 Å². The molecule has 21 heavy (non-hydrogen) atoms. The minimum Gasteiger partial charge on any atom is -0.387 e. The molecule has 0 aliphatic rings. The van der Waals surface area contributed by atoms with Crippen LogP contribution in [0, 0.1) is 0 Å². The number of rotatable bonds is 5. The third kappa shape index (κ3) is 3.93. The molecule has 0 bridgehead atoms. The van der Waals surface area contributed by atoms with Crippen LogP contribution in [0.1, 0.15) is 18.2 Å². The fourth-order valence-electron chi connectivity index (χ4n) is 1.82. The van der Waals surface area contributed by atoms with E-state index in [1.807, 2.05) is 19.3 Å². The van der Waals surface area contributed by atoms with Crippen molar-refractivity contribution in [3.05, 3.63) is 36.4 Å². The van der Waals surface area contributed by atoms with Crippen LogP contribution in [0.4, 0.5) is 5.82 Å². The first-order chi connectivity index (χ1) is 10.1. The highest BCUT2D eigenvalue weighted by Gasteiger charge is 2.16. The van der Waals surface area contributed by atoms with Gasteiger partial charge in [-0.3, -0.25) is 14.9 Å². The zero-order valence-electron chi connectivity index (χ0n) is 11.4. The molecule has 0 aliphatic carbocycles. The Hall–Kier alpha value is -2.61. The van der Waals surface area contributed by atoms with E-state index in [4.69, 9.17) is 0 Å². The van der Waals surface area contributed by atoms with Crippen LogP contribution in [0.15, 0.2) is 35.2 Å². The van der Waals surface area contributed by atoms with Crippen LogP contribution in [0.3, 0.4) is 0 Å². The summed E-state index contributed by atoms with van der Waals surface area (Å²) < 4.78 is 6.32. The van der Waals surface area contributed by atoms with E-state index in [1.54, 1.807) is 10.6 Å². The fourth-order valence-corrected chi connectivity index (χ4v) is 1.82. The normalized spacial score (nSPS) is 11.9. The van der Waals surface area contributed by atoms with Crippen molar-refractivity contribution in [1.29, 1.82) is 0 Å². The predicted molar refractivity (Wildman–Crippen MR) is 73.1 cm³/mol. The minimum absolute atomic E-state index is 0.166. The maximum absolute atomic E-state index is 11.5. The number of carbonyl (C=O) groups is 2. The van der Waals surface area contributed by atoms with Crippen LogP contribution < -0.4 is 10.6 Å². The Morgan fingerprint density at radius 3 is 2.86 bits per heavy atom. The van der Waals surface area contributed by atoms with Crippen molar-refractivity contribution >= 4 is 17.6 Å². The zero-order valence-corrected chi connectivity index (χ0v) is 11.4. The lowest BCUT2D eigenvalue weighted by atomic mass is 10.2. The second kappa shape index (κ2) is 6.71. The highest BCUT2D eigenvalue weighted by atomic mass is 16.5. The first-order valence-corrected chi connectivity index (χ1v) is 6.37. The van der Waals surface area contributed by atoms with Gasteiger partial charge < -0.3 is 19.5 Å². The lowest BCUT2D eigenvalue weighted by molar-refractivity contribution is -0.136. The number of aliphatic hydroxyl groups is 1. The van der Waals surface area contributed by atoms with E-state index in [1.165, 1.54) is 12.3 Å². The SMILES string of the molecule is Cn1cccc1[C@@H](O)CCNC(=O)C(=O)Nc1ccon1. The van der Waals surface area contributed by atoms with Crippen molar-refractivity contribution in [3.63, 3.8) is 0 Å². The maximum Gasteiger partial charge on any atom is 0.314 e. The summed E-state index contributed by atoms with van der Waals surface area (Å²) in [5.74, 6) is -1.46. The average Bonchev–Trinajstić information content (AvgIpc) is 3.09. The van der Waals surface area contributed by atoms with Crippen molar-refractivity contribution in [2.24, 2.45) is 7.05 Å². The Kier molecular flexibility index (Phi) is 4.72. The fraction of sp³-hybridized carbons (Fsp3) is 0.308. The molecule has 0 saturated heterocycles. The van der Waals surface area contributed by atoms with Crippen molar-refractivity contribution in [2.45, 2.75) is 12.5 Å². The van der Waals surface area contributed by atoms with Gasteiger partial charge in [-0.1, -0.05) is 5.16 Å². The average molecular weight is 292 g/mol. The third-order valence-electron chi connectivity index (χ3n) is 2.91. The Morgan fingerprint density at radius 2 is 2.24 bits per heavy atom. The first kappa shape index (κ1) is 14.8. The number of hydrogen-bond acceptors (Lipinski definition) is 5. The van der Waals surface area contributed by atoms with Crippen molar-refractivity contribution < 1.29 is 19.2 Å². The standard InChI is InChI=1S/C13H16N4O4/c1-17-7-2-3-9(17)10(18)4-6-14-12(19)13(20)15-11-5-8-21-16-11/h2-3,5,7-8,10,18H,4,6H2,1H3,(H,14,19)(H,15,16,20)/t10-/m0/s1. The van der Waals surface area contributed by atoms with Crippen LogP contribution in [0.5, 0.6) is 0 Å². The zero-order chi connectivity index (χ0) is 15.2. The summed E-state index contributed by atoms with van der Waals surface area (Å²) in [5.41, 5.74) is 0.747.